The summed E-state index contributed by atoms with van der Waals surface area (Å²) < 4.78 is 31.7. The van der Waals surface area contributed by atoms with Gasteiger partial charge in [0.15, 0.2) is 5.84 Å². The molecule has 4 heterocycles. The fourth-order valence-electron chi connectivity index (χ4n) is 4.59. The van der Waals surface area contributed by atoms with Crippen LogP contribution in [0.15, 0.2) is 41.0 Å². The van der Waals surface area contributed by atoms with Crippen LogP contribution in [-0.2, 0) is 16.2 Å². The summed E-state index contributed by atoms with van der Waals surface area (Å²) in [7, 11) is 0. The molecule has 0 aliphatic carbocycles. The van der Waals surface area contributed by atoms with Gasteiger partial charge in [0.2, 0.25) is 0 Å². The zero-order valence-electron chi connectivity index (χ0n) is 20.2. The largest absolute Gasteiger partial charge is 0.490 e. The molecule has 2 atom stereocenters. The van der Waals surface area contributed by atoms with E-state index >= 15 is 0 Å². The fourth-order valence-corrected chi connectivity index (χ4v) is 5.41. The molecule has 1 N–H and O–H groups in total. The van der Waals surface area contributed by atoms with Gasteiger partial charge >= 0.3 is 12.1 Å². The number of likely N-dealkylation sites (tertiary alicyclic amines) is 1. The van der Waals surface area contributed by atoms with Crippen LogP contribution in [-0.4, -0.2) is 94.1 Å². The van der Waals surface area contributed by atoms with E-state index in [1.165, 1.54) is 4.88 Å². The van der Waals surface area contributed by atoms with Crippen LogP contribution in [0.5, 0.6) is 0 Å². The van der Waals surface area contributed by atoms with Crippen molar-refractivity contribution in [3.05, 3.63) is 52.0 Å². The van der Waals surface area contributed by atoms with Crippen LogP contribution >= 0.6 is 11.3 Å². The van der Waals surface area contributed by atoms with Crippen LogP contribution in [0.1, 0.15) is 27.3 Å². The first-order chi connectivity index (χ1) is 17.6. The predicted octanol–water partition coefficient (Wildman–Crippen LogP) is 3.08. The Labute approximate surface area is 216 Å². The number of carbonyl (C=O) groups is 2. The Hall–Kier alpha value is -3.19. The van der Waals surface area contributed by atoms with E-state index in [4.69, 9.17) is 14.7 Å². The molecule has 5 rings (SSSR count). The number of alkyl halides is 3. The molecule has 200 valence electrons. The molecule has 2 saturated heterocycles. The van der Waals surface area contributed by atoms with Gasteiger partial charge in [0, 0.05) is 49.7 Å². The number of fused-ring (bicyclic) bond motifs is 1. The number of aliphatic carboxylic acids is 1. The summed E-state index contributed by atoms with van der Waals surface area (Å²) in [6.07, 6.45) is -3.89. The van der Waals surface area contributed by atoms with Crippen LogP contribution in [0.25, 0.3) is 0 Å². The molecule has 13 heteroatoms. The van der Waals surface area contributed by atoms with Gasteiger partial charge in [-0.2, -0.15) is 13.2 Å². The Morgan fingerprint density at radius 3 is 2.41 bits per heavy atom. The van der Waals surface area contributed by atoms with Gasteiger partial charge in [-0.25, -0.2) is 9.78 Å². The van der Waals surface area contributed by atoms with Crippen LogP contribution in [0, 0.1) is 12.8 Å². The topological polar surface area (TPSA) is 98.6 Å². The number of amidine groups is 1. The highest BCUT2D eigenvalue weighted by atomic mass is 32.1. The Bertz CT molecular complexity index is 1120. The number of carboxylic acid groups (broad SMARTS) is 1. The smallest absolute Gasteiger partial charge is 0.475 e. The quantitative estimate of drug-likeness (QED) is 0.640. The van der Waals surface area contributed by atoms with E-state index in [-0.39, 0.29) is 12.0 Å². The van der Waals surface area contributed by atoms with E-state index in [0.717, 1.165) is 69.3 Å². The molecule has 2 aromatic rings. The predicted molar refractivity (Wildman–Crippen MR) is 130 cm³/mol. The summed E-state index contributed by atoms with van der Waals surface area (Å²) in [5.74, 6) is -1.20. The first-order valence-corrected chi connectivity index (χ1v) is 12.8. The van der Waals surface area contributed by atoms with Crippen molar-refractivity contribution in [2.45, 2.75) is 32.2 Å². The molecule has 0 bridgehead atoms. The highest BCUT2D eigenvalue weighted by Crippen LogP contribution is 2.31. The molecular formula is C24H28F3N5O4S. The fraction of sp³-hybridized carbons (Fsp3) is 0.500. The maximum Gasteiger partial charge on any atom is 0.490 e. The molecule has 9 nitrogen and oxygen atoms in total. The number of rotatable bonds is 3. The van der Waals surface area contributed by atoms with E-state index in [1.54, 1.807) is 11.3 Å². The van der Waals surface area contributed by atoms with Crippen molar-refractivity contribution < 1.29 is 32.7 Å². The van der Waals surface area contributed by atoms with Gasteiger partial charge < -0.3 is 19.7 Å². The summed E-state index contributed by atoms with van der Waals surface area (Å²) in [5, 5.41) is 11.6. The third-order valence-corrected chi connectivity index (χ3v) is 7.54. The minimum absolute atomic E-state index is 0.115. The number of thiazole rings is 1. The average molecular weight is 540 g/mol. The van der Waals surface area contributed by atoms with Crippen molar-refractivity contribution in [3.8, 4) is 0 Å². The third kappa shape index (κ3) is 6.58. The molecule has 1 aromatic heterocycles. The number of carbonyl (C=O) groups excluding carboxylic acids is 1. The lowest BCUT2D eigenvalue weighted by molar-refractivity contribution is -0.192. The average Bonchev–Trinajstić information content (AvgIpc) is 3.49. The number of aryl methyl sites for hydroxylation is 1. The second kappa shape index (κ2) is 11.5. The van der Waals surface area contributed by atoms with E-state index in [1.807, 2.05) is 40.7 Å². The van der Waals surface area contributed by atoms with Gasteiger partial charge in [-0.1, -0.05) is 23.4 Å². The molecule has 0 saturated carbocycles. The second-order valence-corrected chi connectivity index (χ2v) is 9.97. The number of oxime groups is 1. The van der Waals surface area contributed by atoms with Gasteiger partial charge in [0.05, 0.1) is 17.1 Å². The van der Waals surface area contributed by atoms with Gasteiger partial charge in [0.1, 0.15) is 6.10 Å². The Morgan fingerprint density at radius 1 is 1.14 bits per heavy atom. The van der Waals surface area contributed by atoms with Crippen molar-refractivity contribution in [1.82, 2.24) is 19.7 Å². The number of hydrogen-bond donors (Lipinski definition) is 1. The standard InChI is InChI=1S/C22H27N5O2S.C2HF3O2/c1-16-20(30-15-23-16)14-25-8-7-18-19(13-25)29-24-21(18)26-9-11-27(12-10-26)22(28)17-5-3-2-4-6-17;3-2(4,5)1(6)7/h2-6,15,18-19H,7-14H2,1H3;(H,6,7). The van der Waals surface area contributed by atoms with Crippen molar-refractivity contribution in [2.75, 3.05) is 39.3 Å². The molecule has 37 heavy (non-hydrogen) atoms. The summed E-state index contributed by atoms with van der Waals surface area (Å²) in [4.78, 5) is 39.9. The maximum absolute atomic E-state index is 12.7. The molecule has 0 spiro atoms. The van der Waals surface area contributed by atoms with Crippen LogP contribution in [0.4, 0.5) is 13.2 Å². The summed E-state index contributed by atoms with van der Waals surface area (Å²) in [6, 6.07) is 9.53. The first-order valence-electron chi connectivity index (χ1n) is 11.9. The van der Waals surface area contributed by atoms with Crippen molar-refractivity contribution >= 4 is 29.0 Å². The van der Waals surface area contributed by atoms with Crippen molar-refractivity contribution in [3.63, 3.8) is 0 Å². The van der Waals surface area contributed by atoms with Gasteiger partial charge in [-0.15, -0.1) is 11.3 Å². The summed E-state index contributed by atoms with van der Waals surface area (Å²) in [6.45, 7) is 8.05. The van der Waals surface area contributed by atoms with Crippen LogP contribution in [0.2, 0.25) is 0 Å². The van der Waals surface area contributed by atoms with Gasteiger partial charge in [-0.3, -0.25) is 9.69 Å². The number of piperazine rings is 1. The minimum atomic E-state index is -5.08. The Balaban J connectivity index is 0.000000405. The monoisotopic (exact) mass is 539 g/mol. The van der Waals surface area contributed by atoms with Gasteiger partial charge in [-0.05, 0) is 32.0 Å². The first kappa shape index (κ1) is 26.9. The number of carboxylic acids is 1. The van der Waals surface area contributed by atoms with E-state index in [0.29, 0.717) is 5.92 Å². The van der Waals surface area contributed by atoms with Crippen molar-refractivity contribution in [2.24, 2.45) is 11.1 Å². The normalized spacial score (nSPS) is 21.9. The zero-order valence-corrected chi connectivity index (χ0v) is 21.0. The highest BCUT2D eigenvalue weighted by molar-refractivity contribution is 7.09. The van der Waals surface area contributed by atoms with Crippen molar-refractivity contribution in [1.29, 1.82) is 0 Å². The minimum Gasteiger partial charge on any atom is -0.475 e. The lowest BCUT2D eigenvalue weighted by Crippen LogP contribution is -2.53. The number of benzene rings is 1. The molecule has 3 aliphatic heterocycles. The maximum atomic E-state index is 12.7. The SMILES string of the molecule is Cc1ncsc1CN1CCC2C(N3CCN(C(=O)c4ccccc4)CC3)=NOC2C1.O=C(O)C(F)(F)F. The Morgan fingerprint density at radius 2 is 1.81 bits per heavy atom. The molecule has 1 aromatic carbocycles. The number of hydrogen-bond acceptors (Lipinski definition) is 8. The molecule has 0 radical (unpaired) electrons. The van der Waals surface area contributed by atoms with Crippen LogP contribution < -0.4 is 0 Å². The molecule has 2 unspecified atom stereocenters. The molecular weight excluding hydrogens is 511 g/mol. The third-order valence-electron chi connectivity index (χ3n) is 6.62. The highest BCUT2D eigenvalue weighted by Gasteiger charge is 2.42. The van der Waals surface area contributed by atoms with E-state index < -0.39 is 12.1 Å². The number of halogens is 3. The Kier molecular flexibility index (Phi) is 8.32. The van der Waals surface area contributed by atoms with Gasteiger partial charge in [0.25, 0.3) is 5.91 Å². The number of aromatic nitrogens is 1. The number of amides is 1. The summed E-state index contributed by atoms with van der Waals surface area (Å²) in [5.41, 5.74) is 3.82. The van der Waals surface area contributed by atoms with Crippen LogP contribution in [0.3, 0.4) is 0 Å². The number of nitrogens with zero attached hydrogens (tertiary/aromatic N) is 5. The molecule has 2 fully saturated rings. The van der Waals surface area contributed by atoms with E-state index in [2.05, 4.69) is 26.9 Å². The second-order valence-electron chi connectivity index (χ2n) is 9.03. The summed E-state index contributed by atoms with van der Waals surface area (Å²) >= 11 is 1.73. The number of piperidine rings is 1. The van der Waals surface area contributed by atoms with E-state index in [9.17, 15) is 18.0 Å². The lowest BCUT2D eigenvalue weighted by atomic mass is 9.92. The molecule has 1 amide bonds. The zero-order chi connectivity index (χ0) is 26.6. The molecule has 3 aliphatic rings. The lowest BCUT2D eigenvalue weighted by Gasteiger charge is -2.39.